The quantitative estimate of drug-likeness (QED) is 0.529. The summed E-state index contributed by atoms with van der Waals surface area (Å²) in [5, 5.41) is 8.60. The second kappa shape index (κ2) is 11.9. The standard InChI is InChI=1S/C22H30N4O/c1-25(16-8-4-3-6-14-23)17-18-26(22-9-5-7-15-24-22)19-20-10-12-21(27-2)13-11-20/h5,7,9-13,15H,3-4,6,8,16-19H2,1-2H3. The van der Waals surface area contributed by atoms with E-state index in [1.807, 2.05) is 30.5 Å². The first-order chi connectivity index (χ1) is 13.2. The molecule has 5 nitrogen and oxygen atoms in total. The van der Waals surface area contributed by atoms with Crippen molar-refractivity contribution in [1.82, 2.24) is 9.88 Å². The van der Waals surface area contributed by atoms with Gasteiger partial charge in [0.1, 0.15) is 11.6 Å². The molecular formula is C22H30N4O. The fourth-order valence-corrected chi connectivity index (χ4v) is 2.93. The second-order valence-electron chi connectivity index (χ2n) is 6.73. The summed E-state index contributed by atoms with van der Waals surface area (Å²) >= 11 is 0. The summed E-state index contributed by atoms with van der Waals surface area (Å²) in [6, 6.07) is 16.5. The molecule has 0 aliphatic rings. The van der Waals surface area contributed by atoms with E-state index < -0.39 is 0 Å². The third kappa shape index (κ3) is 7.67. The van der Waals surface area contributed by atoms with Gasteiger partial charge in [0.15, 0.2) is 0 Å². The zero-order valence-corrected chi connectivity index (χ0v) is 16.5. The Morgan fingerprint density at radius 2 is 1.81 bits per heavy atom. The molecule has 1 heterocycles. The smallest absolute Gasteiger partial charge is 0.128 e. The molecule has 0 spiro atoms. The zero-order chi connectivity index (χ0) is 19.3. The number of aromatic nitrogens is 1. The lowest BCUT2D eigenvalue weighted by Gasteiger charge is -2.27. The first-order valence-electron chi connectivity index (χ1n) is 9.57. The highest BCUT2D eigenvalue weighted by Gasteiger charge is 2.10. The van der Waals surface area contributed by atoms with Crippen molar-refractivity contribution < 1.29 is 4.74 Å². The predicted octanol–water partition coefficient (Wildman–Crippen LogP) is 4.11. The van der Waals surface area contributed by atoms with Crippen LogP contribution in [-0.2, 0) is 6.54 Å². The number of hydrogen-bond acceptors (Lipinski definition) is 5. The third-order valence-corrected chi connectivity index (χ3v) is 4.59. The van der Waals surface area contributed by atoms with Gasteiger partial charge in [0, 0.05) is 32.3 Å². The Kier molecular flexibility index (Phi) is 9.15. The Balaban J connectivity index is 1.90. The summed E-state index contributed by atoms with van der Waals surface area (Å²) in [5.74, 6) is 1.87. The van der Waals surface area contributed by atoms with Crippen LogP contribution in [0.1, 0.15) is 31.2 Å². The minimum atomic E-state index is 0.666. The number of methoxy groups -OCH3 is 1. The van der Waals surface area contributed by atoms with Crippen molar-refractivity contribution in [1.29, 1.82) is 5.26 Å². The Labute approximate surface area is 163 Å². The molecule has 0 atom stereocenters. The lowest BCUT2D eigenvalue weighted by Crippen LogP contribution is -2.34. The second-order valence-corrected chi connectivity index (χ2v) is 6.73. The van der Waals surface area contributed by atoms with E-state index in [9.17, 15) is 0 Å². The van der Waals surface area contributed by atoms with Crippen LogP contribution in [0.2, 0.25) is 0 Å². The highest BCUT2D eigenvalue weighted by Crippen LogP contribution is 2.17. The maximum Gasteiger partial charge on any atom is 0.128 e. The summed E-state index contributed by atoms with van der Waals surface area (Å²) in [7, 11) is 3.85. The predicted molar refractivity (Wildman–Crippen MR) is 110 cm³/mol. The number of benzene rings is 1. The number of ether oxygens (including phenoxy) is 1. The number of likely N-dealkylation sites (N-methyl/N-ethyl adjacent to an activating group) is 1. The fraction of sp³-hybridized carbons (Fsp3) is 0.455. The number of nitrogens with zero attached hydrogens (tertiary/aromatic N) is 4. The molecule has 0 bridgehead atoms. The molecule has 0 aliphatic heterocycles. The summed E-state index contributed by atoms with van der Waals surface area (Å²) in [5.41, 5.74) is 1.24. The van der Waals surface area contributed by atoms with Gasteiger partial charge >= 0.3 is 0 Å². The lowest BCUT2D eigenvalue weighted by molar-refractivity contribution is 0.329. The molecule has 0 unspecified atom stereocenters. The van der Waals surface area contributed by atoms with E-state index in [-0.39, 0.29) is 0 Å². The zero-order valence-electron chi connectivity index (χ0n) is 16.5. The SMILES string of the molecule is COc1ccc(CN(CCN(C)CCCCCC#N)c2ccccn2)cc1. The molecule has 5 heteroatoms. The highest BCUT2D eigenvalue weighted by molar-refractivity contribution is 5.39. The van der Waals surface area contributed by atoms with Gasteiger partial charge in [-0.1, -0.05) is 24.6 Å². The molecule has 0 aliphatic carbocycles. The maximum atomic E-state index is 8.60. The summed E-state index contributed by atoms with van der Waals surface area (Å²) in [6.45, 7) is 3.77. The van der Waals surface area contributed by atoms with Crippen LogP contribution in [-0.4, -0.2) is 43.7 Å². The molecule has 27 heavy (non-hydrogen) atoms. The third-order valence-electron chi connectivity index (χ3n) is 4.59. The Morgan fingerprint density at radius 3 is 2.48 bits per heavy atom. The van der Waals surface area contributed by atoms with E-state index in [1.165, 1.54) is 5.56 Å². The number of pyridine rings is 1. The molecule has 144 valence electrons. The summed E-state index contributed by atoms with van der Waals surface area (Å²) in [4.78, 5) is 9.21. The molecule has 0 amide bonds. The van der Waals surface area contributed by atoms with Crippen molar-refractivity contribution >= 4 is 5.82 Å². The number of unbranched alkanes of at least 4 members (excludes halogenated alkanes) is 3. The van der Waals surface area contributed by atoms with E-state index in [1.54, 1.807) is 7.11 Å². The molecule has 1 aromatic carbocycles. The first-order valence-corrected chi connectivity index (χ1v) is 9.57. The minimum Gasteiger partial charge on any atom is -0.497 e. The van der Waals surface area contributed by atoms with E-state index in [4.69, 9.17) is 10.00 Å². The lowest BCUT2D eigenvalue weighted by atomic mass is 10.2. The van der Waals surface area contributed by atoms with Crippen LogP contribution < -0.4 is 9.64 Å². The topological polar surface area (TPSA) is 52.4 Å². The van der Waals surface area contributed by atoms with Crippen LogP contribution in [0.5, 0.6) is 5.75 Å². The van der Waals surface area contributed by atoms with Crippen LogP contribution >= 0.6 is 0 Å². The van der Waals surface area contributed by atoms with Crippen LogP contribution in [0, 0.1) is 11.3 Å². The number of anilines is 1. The van der Waals surface area contributed by atoms with Crippen LogP contribution in [0.3, 0.4) is 0 Å². The average molecular weight is 367 g/mol. The van der Waals surface area contributed by atoms with Gasteiger partial charge in [-0.15, -0.1) is 0 Å². The summed E-state index contributed by atoms with van der Waals surface area (Å²) in [6.07, 6.45) is 5.77. The van der Waals surface area contributed by atoms with Crippen molar-refractivity contribution in [3.05, 3.63) is 54.2 Å². The van der Waals surface area contributed by atoms with Crippen molar-refractivity contribution in [3.63, 3.8) is 0 Å². The first kappa shape index (κ1) is 20.7. The van der Waals surface area contributed by atoms with Crippen molar-refractivity contribution in [2.45, 2.75) is 32.2 Å². The molecule has 0 fully saturated rings. The molecule has 2 rings (SSSR count). The van der Waals surface area contributed by atoms with Crippen molar-refractivity contribution in [3.8, 4) is 11.8 Å². The maximum absolute atomic E-state index is 8.60. The van der Waals surface area contributed by atoms with Gasteiger partial charge in [0.05, 0.1) is 13.2 Å². The van der Waals surface area contributed by atoms with Crippen molar-refractivity contribution in [2.24, 2.45) is 0 Å². The summed E-state index contributed by atoms with van der Waals surface area (Å²) < 4.78 is 5.25. The Bertz CT molecular complexity index is 682. The average Bonchev–Trinajstić information content (AvgIpc) is 2.72. The van der Waals surface area contributed by atoms with Gasteiger partial charge in [0.25, 0.3) is 0 Å². The highest BCUT2D eigenvalue weighted by atomic mass is 16.5. The van der Waals surface area contributed by atoms with Gasteiger partial charge in [0.2, 0.25) is 0 Å². The van der Waals surface area contributed by atoms with Gasteiger partial charge < -0.3 is 14.5 Å². The molecule has 0 saturated carbocycles. The van der Waals surface area contributed by atoms with Crippen LogP contribution in [0.4, 0.5) is 5.82 Å². The van der Waals surface area contributed by atoms with E-state index in [0.29, 0.717) is 6.42 Å². The van der Waals surface area contributed by atoms with Crippen molar-refractivity contribution in [2.75, 3.05) is 38.7 Å². The fourth-order valence-electron chi connectivity index (χ4n) is 2.93. The molecule has 1 aromatic heterocycles. The van der Waals surface area contributed by atoms with Gasteiger partial charge in [-0.3, -0.25) is 0 Å². The van der Waals surface area contributed by atoms with Gasteiger partial charge in [-0.05, 0) is 56.3 Å². The number of rotatable bonds is 12. The van der Waals surface area contributed by atoms with E-state index in [2.05, 4.69) is 46.1 Å². The molecule has 0 N–H and O–H groups in total. The number of nitriles is 1. The van der Waals surface area contributed by atoms with Crippen LogP contribution in [0.15, 0.2) is 48.7 Å². The normalized spacial score (nSPS) is 10.6. The van der Waals surface area contributed by atoms with E-state index in [0.717, 1.165) is 57.0 Å². The van der Waals surface area contributed by atoms with Gasteiger partial charge in [-0.2, -0.15) is 5.26 Å². The Morgan fingerprint density at radius 1 is 1.00 bits per heavy atom. The monoisotopic (exact) mass is 366 g/mol. The molecular weight excluding hydrogens is 336 g/mol. The minimum absolute atomic E-state index is 0.666. The van der Waals surface area contributed by atoms with Crippen LogP contribution in [0.25, 0.3) is 0 Å². The molecule has 2 aromatic rings. The van der Waals surface area contributed by atoms with E-state index >= 15 is 0 Å². The van der Waals surface area contributed by atoms with Gasteiger partial charge in [-0.25, -0.2) is 4.98 Å². The largest absolute Gasteiger partial charge is 0.497 e. The molecule has 0 saturated heterocycles. The number of hydrogen-bond donors (Lipinski definition) is 0. The Hall–Kier alpha value is -2.58. The molecule has 0 radical (unpaired) electrons.